The van der Waals surface area contributed by atoms with Crippen molar-refractivity contribution in [2.75, 3.05) is 0 Å². The lowest BCUT2D eigenvalue weighted by Crippen LogP contribution is -2.16. The minimum Gasteiger partial charge on any atom is -0.330 e. The second-order valence-corrected chi connectivity index (χ2v) is 4.99. The molecule has 96 valence electrons. The van der Waals surface area contributed by atoms with E-state index in [0.717, 1.165) is 22.4 Å². The van der Waals surface area contributed by atoms with Crippen LogP contribution in [0.15, 0.2) is 48.5 Å². The molecule has 2 N–H and O–H groups in total. The molecular formula is C15H14ClN3. The fraction of sp³-hybridized carbons (Fsp3) is 0.133. The van der Waals surface area contributed by atoms with Gasteiger partial charge >= 0.3 is 0 Å². The molecule has 1 heterocycles. The number of aryl methyl sites for hydroxylation is 1. The number of nitrogens with zero attached hydrogens (tertiary/aromatic N) is 2. The third kappa shape index (κ3) is 2.11. The monoisotopic (exact) mass is 271 g/mol. The van der Waals surface area contributed by atoms with Crippen LogP contribution in [0.1, 0.15) is 17.4 Å². The fourth-order valence-corrected chi connectivity index (χ4v) is 2.49. The zero-order chi connectivity index (χ0) is 13.4. The van der Waals surface area contributed by atoms with Crippen molar-refractivity contribution in [2.45, 2.75) is 6.04 Å². The van der Waals surface area contributed by atoms with Gasteiger partial charge in [0.1, 0.15) is 5.82 Å². The van der Waals surface area contributed by atoms with Crippen molar-refractivity contribution in [2.24, 2.45) is 12.8 Å². The average molecular weight is 272 g/mol. The Morgan fingerprint density at radius 3 is 2.68 bits per heavy atom. The molecule has 4 heteroatoms. The second-order valence-electron chi connectivity index (χ2n) is 4.55. The van der Waals surface area contributed by atoms with Gasteiger partial charge in [-0.2, -0.15) is 0 Å². The van der Waals surface area contributed by atoms with E-state index in [1.165, 1.54) is 0 Å². The van der Waals surface area contributed by atoms with Crippen molar-refractivity contribution in [3.8, 4) is 0 Å². The summed E-state index contributed by atoms with van der Waals surface area (Å²) in [6.07, 6.45) is 0. The maximum absolute atomic E-state index is 6.31. The molecule has 2 aromatic carbocycles. The summed E-state index contributed by atoms with van der Waals surface area (Å²) in [7, 11) is 1.98. The summed E-state index contributed by atoms with van der Waals surface area (Å²) in [5.74, 6) is 0.837. The predicted molar refractivity (Wildman–Crippen MR) is 78.2 cm³/mol. The Kier molecular flexibility index (Phi) is 3.01. The first-order chi connectivity index (χ1) is 9.16. The van der Waals surface area contributed by atoms with E-state index in [9.17, 15) is 0 Å². The molecule has 0 saturated carbocycles. The van der Waals surface area contributed by atoms with Gasteiger partial charge in [0.15, 0.2) is 0 Å². The molecule has 3 rings (SSSR count). The van der Waals surface area contributed by atoms with E-state index in [2.05, 4.69) is 4.98 Å². The Balaban J connectivity index is 2.11. The molecule has 3 nitrogen and oxygen atoms in total. The van der Waals surface area contributed by atoms with Crippen LogP contribution in [0.2, 0.25) is 5.02 Å². The van der Waals surface area contributed by atoms with E-state index in [0.29, 0.717) is 5.02 Å². The summed E-state index contributed by atoms with van der Waals surface area (Å²) in [5, 5.41) is 0.687. The van der Waals surface area contributed by atoms with Crippen LogP contribution in [0.4, 0.5) is 0 Å². The molecular weight excluding hydrogens is 258 g/mol. The van der Waals surface area contributed by atoms with Crippen LogP contribution in [-0.4, -0.2) is 9.55 Å². The summed E-state index contributed by atoms with van der Waals surface area (Å²) in [4.78, 5) is 4.61. The molecule has 0 radical (unpaired) electrons. The van der Waals surface area contributed by atoms with Gasteiger partial charge in [0.25, 0.3) is 0 Å². The van der Waals surface area contributed by atoms with Gasteiger partial charge in [-0.05, 0) is 29.8 Å². The van der Waals surface area contributed by atoms with Crippen molar-refractivity contribution in [1.82, 2.24) is 9.55 Å². The van der Waals surface area contributed by atoms with Gasteiger partial charge in [-0.15, -0.1) is 0 Å². The van der Waals surface area contributed by atoms with Crippen LogP contribution in [-0.2, 0) is 7.05 Å². The van der Waals surface area contributed by atoms with Crippen LogP contribution < -0.4 is 5.73 Å². The average Bonchev–Trinajstić information content (AvgIpc) is 2.76. The SMILES string of the molecule is Cn1c(C(N)c2cccc(Cl)c2)nc2ccccc21. The van der Waals surface area contributed by atoms with Crippen LogP contribution in [0.5, 0.6) is 0 Å². The molecule has 0 bridgehead atoms. The van der Waals surface area contributed by atoms with E-state index in [1.807, 2.05) is 60.1 Å². The first kappa shape index (κ1) is 12.2. The quantitative estimate of drug-likeness (QED) is 0.777. The third-order valence-electron chi connectivity index (χ3n) is 3.31. The summed E-state index contributed by atoms with van der Waals surface area (Å²) in [5.41, 5.74) is 9.31. The van der Waals surface area contributed by atoms with Crippen LogP contribution >= 0.6 is 11.6 Å². The number of imidazole rings is 1. The lowest BCUT2D eigenvalue weighted by molar-refractivity contribution is 0.728. The highest BCUT2D eigenvalue weighted by Crippen LogP contribution is 2.24. The van der Waals surface area contributed by atoms with Gasteiger partial charge in [-0.1, -0.05) is 35.9 Å². The van der Waals surface area contributed by atoms with E-state index >= 15 is 0 Å². The maximum atomic E-state index is 6.31. The molecule has 1 unspecified atom stereocenters. The topological polar surface area (TPSA) is 43.8 Å². The van der Waals surface area contributed by atoms with E-state index < -0.39 is 0 Å². The lowest BCUT2D eigenvalue weighted by Gasteiger charge is -2.12. The van der Waals surface area contributed by atoms with E-state index in [-0.39, 0.29) is 6.04 Å². The first-order valence-corrected chi connectivity index (χ1v) is 6.47. The highest BCUT2D eigenvalue weighted by atomic mass is 35.5. The second kappa shape index (κ2) is 4.68. The van der Waals surface area contributed by atoms with Crippen molar-refractivity contribution < 1.29 is 0 Å². The summed E-state index contributed by atoms with van der Waals surface area (Å²) in [6, 6.07) is 15.3. The van der Waals surface area contributed by atoms with Gasteiger partial charge in [0, 0.05) is 12.1 Å². The minimum absolute atomic E-state index is 0.281. The van der Waals surface area contributed by atoms with Gasteiger partial charge in [-0.25, -0.2) is 4.98 Å². The molecule has 3 aromatic rings. The number of aromatic nitrogens is 2. The molecule has 0 aliphatic carbocycles. The smallest absolute Gasteiger partial charge is 0.131 e. The molecule has 1 aromatic heterocycles. The van der Waals surface area contributed by atoms with Crippen molar-refractivity contribution in [3.63, 3.8) is 0 Å². The molecule has 0 saturated heterocycles. The van der Waals surface area contributed by atoms with Crippen molar-refractivity contribution in [3.05, 3.63) is 64.9 Å². The van der Waals surface area contributed by atoms with Gasteiger partial charge in [-0.3, -0.25) is 0 Å². The number of rotatable bonds is 2. The summed E-state index contributed by atoms with van der Waals surface area (Å²) < 4.78 is 2.03. The largest absolute Gasteiger partial charge is 0.330 e. The Morgan fingerprint density at radius 1 is 1.16 bits per heavy atom. The number of hydrogen-bond donors (Lipinski definition) is 1. The molecule has 0 fully saturated rings. The molecule has 0 aliphatic rings. The third-order valence-corrected chi connectivity index (χ3v) is 3.54. The van der Waals surface area contributed by atoms with Crippen molar-refractivity contribution >= 4 is 22.6 Å². The Hall–Kier alpha value is -1.84. The number of nitrogens with two attached hydrogens (primary N) is 1. The van der Waals surface area contributed by atoms with Crippen LogP contribution in [0.25, 0.3) is 11.0 Å². The first-order valence-electron chi connectivity index (χ1n) is 6.09. The minimum atomic E-state index is -0.281. The van der Waals surface area contributed by atoms with Crippen LogP contribution in [0.3, 0.4) is 0 Å². The zero-order valence-corrected chi connectivity index (χ0v) is 11.3. The Labute approximate surface area is 116 Å². The van der Waals surface area contributed by atoms with Gasteiger partial charge < -0.3 is 10.3 Å². The van der Waals surface area contributed by atoms with Crippen molar-refractivity contribution in [1.29, 1.82) is 0 Å². The maximum Gasteiger partial charge on any atom is 0.131 e. The fourth-order valence-electron chi connectivity index (χ4n) is 2.29. The molecule has 0 amide bonds. The number of benzene rings is 2. The lowest BCUT2D eigenvalue weighted by atomic mass is 10.1. The predicted octanol–water partition coefficient (Wildman–Crippen LogP) is 3.27. The van der Waals surface area contributed by atoms with Crippen LogP contribution in [0, 0.1) is 0 Å². The highest BCUT2D eigenvalue weighted by Gasteiger charge is 2.16. The van der Waals surface area contributed by atoms with E-state index in [4.69, 9.17) is 17.3 Å². The number of hydrogen-bond acceptors (Lipinski definition) is 2. The van der Waals surface area contributed by atoms with Gasteiger partial charge in [0.2, 0.25) is 0 Å². The number of halogens is 1. The Morgan fingerprint density at radius 2 is 1.95 bits per heavy atom. The zero-order valence-electron chi connectivity index (χ0n) is 10.5. The highest BCUT2D eigenvalue weighted by molar-refractivity contribution is 6.30. The summed E-state index contributed by atoms with van der Waals surface area (Å²) in [6.45, 7) is 0. The molecule has 0 aliphatic heterocycles. The standard InChI is InChI=1S/C15H14ClN3/c1-19-13-8-3-2-7-12(13)18-15(19)14(17)10-5-4-6-11(16)9-10/h2-9,14H,17H2,1H3. The van der Waals surface area contributed by atoms with E-state index in [1.54, 1.807) is 0 Å². The Bertz CT molecular complexity index is 733. The normalized spacial score (nSPS) is 12.8. The number of fused-ring (bicyclic) bond motifs is 1. The molecule has 0 spiro atoms. The number of para-hydroxylation sites is 2. The molecule has 19 heavy (non-hydrogen) atoms. The van der Waals surface area contributed by atoms with Gasteiger partial charge in [0.05, 0.1) is 17.1 Å². The summed E-state index contributed by atoms with van der Waals surface area (Å²) >= 11 is 6.01. The molecule has 1 atom stereocenters.